The van der Waals surface area contributed by atoms with Crippen molar-refractivity contribution in [3.05, 3.63) is 64.8 Å². The maximum Gasteiger partial charge on any atom is 0.253 e. The zero-order chi connectivity index (χ0) is 18.6. The molecule has 4 rings (SSSR count). The van der Waals surface area contributed by atoms with E-state index < -0.39 is 0 Å². The van der Waals surface area contributed by atoms with Gasteiger partial charge in [0.2, 0.25) is 0 Å². The molecule has 140 valence electrons. The van der Waals surface area contributed by atoms with Crippen molar-refractivity contribution in [3.63, 3.8) is 0 Å². The van der Waals surface area contributed by atoms with Gasteiger partial charge in [-0.15, -0.1) is 0 Å². The van der Waals surface area contributed by atoms with Crippen molar-refractivity contribution in [1.82, 2.24) is 24.6 Å². The summed E-state index contributed by atoms with van der Waals surface area (Å²) in [6.45, 7) is 5.59. The number of nitrogens with zero attached hydrogens (tertiary/aromatic N) is 5. The minimum Gasteiger partial charge on any atom is -0.361 e. The number of piperidine rings is 1. The number of aromatic nitrogens is 4. The average Bonchev–Trinajstić information content (AvgIpc) is 3.10. The fourth-order valence-corrected chi connectivity index (χ4v) is 3.56. The van der Waals surface area contributed by atoms with Crippen molar-refractivity contribution in [1.29, 1.82) is 0 Å². The van der Waals surface area contributed by atoms with Gasteiger partial charge < -0.3 is 4.52 Å². The van der Waals surface area contributed by atoms with E-state index in [1.807, 2.05) is 19.1 Å². The molecule has 7 nitrogen and oxygen atoms in total. The molecular weight excluding hydrogens is 342 g/mol. The van der Waals surface area contributed by atoms with E-state index in [1.165, 1.54) is 0 Å². The highest BCUT2D eigenvalue weighted by Gasteiger charge is 2.21. The van der Waals surface area contributed by atoms with Crippen LogP contribution in [0.4, 0.5) is 0 Å². The molecule has 0 saturated carbocycles. The molecule has 0 amide bonds. The first-order chi connectivity index (χ1) is 13.2. The Morgan fingerprint density at radius 2 is 2.00 bits per heavy atom. The molecule has 0 bridgehead atoms. The topological polar surface area (TPSA) is 77.1 Å². The van der Waals surface area contributed by atoms with Crippen LogP contribution in [0.1, 0.15) is 24.2 Å². The molecule has 1 aliphatic rings. The fraction of sp³-hybridized carbons (Fsp3) is 0.400. The Kier molecular flexibility index (Phi) is 5.11. The summed E-state index contributed by atoms with van der Waals surface area (Å²) >= 11 is 0. The molecule has 0 aliphatic carbocycles. The molecule has 1 aliphatic heterocycles. The Bertz CT molecular complexity index is 942. The number of hydrogen-bond donors (Lipinski definition) is 0. The Hall–Kier alpha value is -2.80. The predicted molar refractivity (Wildman–Crippen MR) is 101 cm³/mol. The second kappa shape index (κ2) is 7.84. The van der Waals surface area contributed by atoms with Crippen molar-refractivity contribution in [2.45, 2.75) is 32.9 Å². The fourth-order valence-electron chi connectivity index (χ4n) is 3.56. The molecule has 0 N–H and O–H groups in total. The van der Waals surface area contributed by atoms with E-state index >= 15 is 0 Å². The van der Waals surface area contributed by atoms with Gasteiger partial charge in [0.15, 0.2) is 0 Å². The monoisotopic (exact) mass is 365 g/mol. The maximum atomic E-state index is 12.5. The quantitative estimate of drug-likeness (QED) is 0.691. The molecule has 3 aromatic heterocycles. The van der Waals surface area contributed by atoms with Crippen LogP contribution in [0.2, 0.25) is 0 Å². The minimum atomic E-state index is -0.000613. The number of aryl methyl sites for hydroxylation is 1. The number of likely N-dealkylation sites (tertiary alicyclic amines) is 1. The lowest BCUT2D eigenvalue weighted by Gasteiger charge is -2.31. The van der Waals surface area contributed by atoms with Crippen LogP contribution in [-0.2, 0) is 13.1 Å². The summed E-state index contributed by atoms with van der Waals surface area (Å²) in [5.74, 6) is 1.39. The lowest BCUT2D eigenvalue weighted by molar-refractivity contribution is 0.165. The van der Waals surface area contributed by atoms with Gasteiger partial charge in [0.25, 0.3) is 5.56 Å². The van der Waals surface area contributed by atoms with Crippen LogP contribution < -0.4 is 5.56 Å². The third-order valence-corrected chi connectivity index (χ3v) is 5.26. The molecule has 0 radical (unpaired) electrons. The smallest absolute Gasteiger partial charge is 0.253 e. The van der Waals surface area contributed by atoms with Crippen molar-refractivity contribution in [2.75, 3.05) is 13.1 Å². The molecule has 3 aromatic rings. The van der Waals surface area contributed by atoms with E-state index in [1.54, 1.807) is 35.6 Å². The highest BCUT2D eigenvalue weighted by molar-refractivity contribution is 5.57. The summed E-state index contributed by atoms with van der Waals surface area (Å²) in [6, 6.07) is 5.33. The third-order valence-electron chi connectivity index (χ3n) is 5.26. The van der Waals surface area contributed by atoms with Gasteiger partial charge in [-0.2, -0.15) is 0 Å². The summed E-state index contributed by atoms with van der Waals surface area (Å²) in [5.41, 5.74) is 2.75. The van der Waals surface area contributed by atoms with Gasteiger partial charge in [-0.1, -0.05) is 5.16 Å². The minimum absolute atomic E-state index is 0.000613. The zero-order valence-electron chi connectivity index (χ0n) is 15.4. The number of pyridine rings is 1. The van der Waals surface area contributed by atoms with Crippen LogP contribution in [0.3, 0.4) is 0 Å². The first kappa shape index (κ1) is 17.6. The van der Waals surface area contributed by atoms with E-state index in [0.29, 0.717) is 11.6 Å². The molecule has 1 saturated heterocycles. The van der Waals surface area contributed by atoms with E-state index in [-0.39, 0.29) is 5.56 Å². The summed E-state index contributed by atoms with van der Waals surface area (Å²) in [5, 5.41) is 3.85. The molecule has 4 heterocycles. The van der Waals surface area contributed by atoms with Crippen molar-refractivity contribution >= 4 is 0 Å². The molecule has 0 unspecified atom stereocenters. The first-order valence-corrected chi connectivity index (χ1v) is 9.28. The van der Waals surface area contributed by atoms with Crippen LogP contribution in [0.25, 0.3) is 11.3 Å². The zero-order valence-corrected chi connectivity index (χ0v) is 15.4. The summed E-state index contributed by atoms with van der Waals surface area (Å²) in [6.07, 6.45) is 9.03. The van der Waals surface area contributed by atoms with Crippen LogP contribution in [0.5, 0.6) is 0 Å². The standard InChI is InChI=1S/C20H23N5O2/c1-15-18(11-23-27-15)13-24-8-4-16(5-9-24)12-25-14-22-19(10-20(25)26)17-2-6-21-7-3-17/h2-3,6-7,10-11,14,16H,4-5,8-9,12-13H2,1H3. The highest BCUT2D eigenvalue weighted by Crippen LogP contribution is 2.21. The predicted octanol–water partition coefficient (Wildman–Crippen LogP) is 2.51. The molecule has 0 aromatic carbocycles. The van der Waals surface area contributed by atoms with E-state index in [0.717, 1.165) is 55.9 Å². The largest absolute Gasteiger partial charge is 0.361 e. The van der Waals surface area contributed by atoms with Gasteiger partial charge >= 0.3 is 0 Å². The van der Waals surface area contributed by atoms with Gasteiger partial charge in [0, 0.05) is 42.7 Å². The van der Waals surface area contributed by atoms with Crippen molar-refractivity contribution < 1.29 is 4.52 Å². The maximum absolute atomic E-state index is 12.5. The Morgan fingerprint density at radius 1 is 1.22 bits per heavy atom. The Labute approximate surface area is 157 Å². The highest BCUT2D eigenvalue weighted by atomic mass is 16.5. The van der Waals surface area contributed by atoms with Crippen molar-refractivity contribution in [3.8, 4) is 11.3 Å². The lowest BCUT2D eigenvalue weighted by atomic mass is 9.96. The lowest BCUT2D eigenvalue weighted by Crippen LogP contribution is -2.36. The molecule has 0 spiro atoms. The summed E-state index contributed by atoms with van der Waals surface area (Å²) in [7, 11) is 0. The second-order valence-corrected chi connectivity index (χ2v) is 7.13. The Balaban J connectivity index is 1.35. The average molecular weight is 365 g/mol. The number of hydrogen-bond acceptors (Lipinski definition) is 6. The molecule has 7 heteroatoms. The van der Waals surface area contributed by atoms with Gasteiger partial charge in [-0.25, -0.2) is 4.98 Å². The van der Waals surface area contributed by atoms with Gasteiger partial charge in [-0.3, -0.25) is 19.2 Å². The van der Waals surface area contributed by atoms with Crippen LogP contribution in [0.15, 0.2) is 52.4 Å². The molecule has 27 heavy (non-hydrogen) atoms. The first-order valence-electron chi connectivity index (χ1n) is 9.28. The molecule has 1 fully saturated rings. The Morgan fingerprint density at radius 3 is 2.67 bits per heavy atom. The molecule has 0 atom stereocenters. The SMILES string of the molecule is Cc1oncc1CN1CCC(Cn2cnc(-c3ccncc3)cc2=O)CC1. The van der Waals surface area contributed by atoms with Crippen LogP contribution >= 0.6 is 0 Å². The van der Waals surface area contributed by atoms with Gasteiger partial charge in [0.1, 0.15) is 5.76 Å². The van der Waals surface area contributed by atoms with Gasteiger partial charge in [-0.05, 0) is 50.9 Å². The molecular formula is C20H23N5O2. The van der Waals surface area contributed by atoms with E-state index in [2.05, 4.69) is 20.0 Å². The van der Waals surface area contributed by atoms with Gasteiger partial charge in [0.05, 0.1) is 18.2 Å². The van der Waals surface area contributed by atoms with E-state index in [9.17, 15) is 4.79 Å². The number of rotatable bonds is 5. The second-order valence-electron chi connectivity index (χ2n) is 7.13. The summed E-state index contributed by atoms with van der Waals surface area (Å²) in [4.78, 5) is 23.4. The van der Waals surface area contributed by atoms with Crippen LogP contribution in [0, 0.1) is 12.8 Å². The van der Waals surface area contributed by atoms with E-state index in [4.69, 9.17) is 4.52 Å². The van der Waals surface area contributed by atoms with Crippen molar-refractivity contribution in [2.24, 2.45) is 5.92 Å². The van der Waals surface area contributed by atoms with Crippen LogP contribution in [-0.4, -0.2) is 37.7 Å². The summed E-state index contributed by atoms with van der Waals surface area (Å²) < 4.78 is 6.87. The normalized spacial score (nSPS) is 15.9. The third kappa shape index (κ3) is 4.14.